The third-order valence-electron chi connectivity index (χ3n) is 5.25. The Morgan fingerprint density at radius 1 is 1.03 bits per heavy atom. The molecule has 1 atom stereocenters. The molecule has 2 aromatic heterocycles. The molecule has 0 bridgehead atoms. The summed E-state index contributed by atoms with van der Waals surface area (Å²) in [6, 6.07) is 10.1. The molecule has 3 rings (SSSR count). The van der Waals surface area contributed by atoms with E-state index in [9.17, 15) is 0 Å². The summed E-state index contributed by atoms with van der Waals surface area (Å²) in [7, 11) is 0. The zero-order valence-electron chi connectivity index (χ0n) is 18.3. The Morgan fingerprint density at radius 2 is 1.76 bits per heavy atom. The van der Waals surface area contributed by atoms with E-state index in [0.29, 0.717) is 13.2 Å². The SMILES string of the molecule is Cc1ccc(OCCNc2cc(C(C)Cn3nc(C)c(C)c3C)nc(C)n2)cc1. The van der Waals surface area contributed by atoms with Crippen molar-refractivity contribution in [2.45, 2.75) is 54.0 Å². The number of aromatic nitrogens is 4. The number of hydrogen-bond donors (Lipinski definition) is 1. The Bertz CT molecular complexity index is 962. The number of nitrogens with one attached hydrogen (secondary N) is 1. The zero-order chi connectivity index (χ0) is 21.0. The highest BCUT2D eigenvalue weighted by atomic mass is 16.5. The molecule has 2 heterocycles. The predicted molar refractivity (Wildman–Crippen MR) is 117 cm³/mol. The van der Waals surface area contributed by atoms with Crippen LogP contribution in [0.4, 0.5) is 5.82 Å². The number of nitrogens with zero attached hydrogens (tertiary/aromatic N) is 4. The standard InChI is InChI=1S/C23H31N5O/c1-15-7-9-21(10-8-15)29-12-11-24-23-13-22(25-20(6)26-23)16(2)14-28-19(5)17(3)18(4)27-28/h7-10,13,16H,11-12,14H2,1-6H3,(H,24,25,26). The summed E-state index contributed by atoms with van der Waals surface area (Å²) in [6.07, 6.45) is 0. The van der Waals surface area contributed by atoms with Crippen LogP contribution >= 0.6 is 0 Å². The van der Waals surface area contributed by atoms with Gasteiger partial charge >= 0.3 is 0 Å². The number of benzene rings is 1. The summed E-state index contributed by atoms with van der Waals surface area (Å²) in [5.41, 5.74) is 5.80. The summed E-state index contributed by atoms with van der Waals surface area (Å²) < 4.78 is 7.86. The van der Waals surface area contributed by atoms with Crippen molar-refractivity contribution in [1.82, 2.24) is 19.7 Å². The van der Waals surface area contributed by atoms with Crippen LogP contribution in [0.15, 0.2) is 30.3 Å². The summed E-state index contributed by atoms with van der Waals surface area (Å²) in [4.78, 5) is 9.16. The average molecular weight is 394 g/mol. The third-order valence-corrected chi connectivity index (χ3v) is 5.25. The van der Waals surface area contributed by atoms with E-state index in [1.807, 2.05) is 25.1 Å². The first kappa shape index (κ1) is 20.8. The number of aryl methyl sites for hydroxylation is 3. The molecule has 0 radical (unpaired) electrons. The molecule has 29 heavy (non-hydrogen) atoms. The molecule has 0 spiro atoms. The molecule has 1 unspecified atom stereocenters. The molecule has 6 nitrogen and oxygen atoms in total. The molecule has 0 fully saturated rings. The van der Waals surface area contributed by atoms with Crippen LogP contribution in [0.3, 0.4) is 0 Å². The van der Waals surface area contributed by atoms with Crippen LogP contribution in [-0.4, -0.2) is 32.9 Å². The van der Waals surface area contributed by atoms with Crippen LogP contribution < -0.4 is 10.1 Å². The fourth-order valence-corrected chi connectivity index (χ4v) is 3.23. The monoisotopic (exact) mass is 393 g/mol. The lowest BCUT2D eigenvalue weighted by Gasteiger charge is -2.15. The molecular weight excluding hydrogens is 362 g/mol. The first-order chi connectivity index (χ1) is 13.8. The van der Waals surface area contributed by atoms with E-state index in [1.165, 1.54) is 16.8 Å². The fraction of sp³-hybridized carbons (Fsp3) is 0.435. The number of ether oxygens (including phenoxy) is 1. The van der Waals surface area contributed by atoms with Gasteiger partial charge in [0.2, 0.25) is 0 Å². The van der Waals surface area contributed by atoms with Gasteiger partial charge in [-0.1, -0.05) is 24.6 Å². The normalized spacial score (nSPS) is 12.1. The first-order valence-corrected chi connectivity index (χ1v) is 10.1. The maximum absolute atomic E-state index is 5.78. The van der Waals surface area contributed by atoms with E-state index in [-0.39, 0.29) is 5.92 Å². The van der Waals surface area contributed by atoms with Crippen molar-refractivity contribution in [3.63, 3.8) is 0 Å². The lowest BCUT2D eigenvalue weighted by Crippen LogP contribution is -2.15. The Labute approximate surface area is 173 Å². The van der Waals surface area contributed by atoms with Gasteiger partial charge in [-0.3, -0.25) is 4.68 Å². The van der Waals surface area contributed by atoms with Gasteiger partial charge < -0.3 is 10.1 Å². The van der Waals surface area contributed by atoms with Crippen molar-refractivity contribution < 1.29 is 4.74 Å². The van der Waals surface area contributed by atoms with E-state index in [2.05, 4.69) is 71.8 Å². The van der Waals surface area contributed by atoms with Gasteiger partial charge in [-0.25, -0.2) is 9.97 Å². The van der Waals surface area contributed by atoms with Crippen molar-refractivity contribution in [2.75, 3.05) is 18.5 Å². The van der Waals surface area contributed by atoms with Crippen molar-refractivity contribution in [2.24, 2.45) is 0 Å². The van der Waals surface area contributed by atoms with Crippen molar-refractivity contribution in [1.29, 1.82) is 0 Å². The molecule has 0 saturated carbocycles. The highest BCUT2D eigenvalue weighted by molar-refractivity contribution is 5.37. The van der Waals surface area contributed by atoms with Crippen LogP contribution in [0.2, 0.25) is 0 Å². The largest absolute Gasteiger partial charge is 0.492 e. The smallest absolute Gasteiger partial charge is 0.130 e. The molecule has 0 aliphatic rings. The number of anilines is 1. The molecule has 1 N–H and O–H groups in total. The van der Waals surface area contributed by atoms with Gasteiger partial charge in [0.25, 0.3) is 0 Å². The zero-order valence-corrected chi connectivity index (χ0v) is 18.3. The lowest BCUT2D eigenvalue weighted by atomic mass is 10.1. The molecule has 1 aromatic carbocycles. The summed E-state index contributed by atoms with van der Waals surface area (Å²) >= 11 is 0. The van der Waals surface area contributed by atoms with Crippen molar-refractivity contribution in [3.05, 3.63) is 64.4 Å². The third kappa shape index (κ3) is 5.34. The van der Waals surface area contributed by atoms with Crippen LogP contribution in [0.5, 0.6) is 5.75 Å². The Kier molecular flexibility index (Phi) is 6.52. The minimum absolute atomic E-state index is 0.235. The summed E-state index contributed by atoms with van der Waals surface area (Å²) in [6.45, 7) is 14.5. The minimum Gasteiger partial charge on any atom is -0.492 e. The maximum atomic E-state index is 5.78. The van der Waals surface area contributed by atoms with Gasteiger partial charge in [0.15, 0.2) is 0 Å². The van der Waals surface area contributed by atoms with Gasteiger partial charge in [0.1, 0.15) is 24.0 Å². The van der Waals surface area contributed by atoms with E-state index in [1.54, 1.807) is 0 Å². The van der Waals surface area contributed by atoms with Gasteiger partial charge in [-0.15, -0.1) is 0 Å². The summed E-state index contributed by atoms with van der Waals surface area (Å²) in [5.74, 6) is 2.71. The van der Waals surface area contributed by atoms with Crippen molar-refractivity contribution in [3.8, 4) is 5.75 Å². The maximum Gasteiger partial charge on any atom is 0.130 e. The lowest BCUT2D eigenvalue weighted by molar-refractivity contribution is 0.332. The van der Waals surface area contributed by atoms with Gasteiger partial charge in [0.05, 0.1) is 17.9 Å². The Morgan fingerprint density at radius 3 is 2.41 bits per heavy atom. The van der Waals surface area contributed by atoms with E-state index >= 15 is 0 Å². The number of hydrogen-bond acceptors (Lipinski definition) is 5. The van der Waals surface area contributed by atoms with E-state index in [4.69, 9.17) is 4.74 Å². The topological polar surface area (TPSA) is 64.9 Å². The van der Waals surface area contributed by atoms with E-state index < -0.39 is 0 Å². The second kappa shape index (κ2) is 9.07. The van der Waals surface area contributed by atoms with Crippen molar-refractivity contribution >= 4 is 5.82 Å². The molecule has 0 amide bonds. The van der Waals surface area contributed by atoms with Crippen LogP contribution in [0.25, 0.3) is 0 Å². The van der Waals surface area contributed by atoms with E-state index in [0.717, 1.165) is 35.3 Å². The van der Waals surface area contributed by atoms with Crippen LogP contribution in [0, 0.1) is 34.6 Å². The Hall–Kier alpha value is -2.89. The fourth-order valence-electron chi connectivity index (χ4n) is 3.23. The second-order valence-electron chi connectivity index (χ2n) is 7.69. The molecular formula is C23H31N5O. The minimum atomic E-state index is 0.235. The molecule has 0 aliphatic carbocycles. The predicted octanol–water partition coefficient (Wildman–Crippen LogP) is 4.51. The van der Waals surface area contributed by atoms with Gasteiger partial charge in [-0.2, -0.15) is 5.10 Å². The second-order valence-corrected chi connectivity index (χ2v) is 7.69. The van der Waals surface area contributed by atoms with Crippen LogP contribution in [0.1, 0.15) is 46.9 Å². The summed E-state index contributed by atoms with van der Waals surface area (Å²) in [5, 5.41) is 8.01. The van der Waals surface area contributed by atoms with Crippen LogP contribution in [-0.2, 0) is 6.54 Å². The molecule has 3 aromatic rings. The quantitative estimate of drug-likeness (QED) is 0.571. The highest BCUT2D eigenvalue weighted by Gasteiger charge is 2.14. The average Bonchev–Trinajstić information content (AvgIpc) is 2.93. The van der Waals surface area contributed by atoms with Gasteiger partial charge in [0, 0.05) is 24.2 Å². The Balaban J connectivity index is 1.59. The first-order valence-electron chi connectivity index (χ1n) is 10.1. The highest BCUT2D eigenvalue weighted by Crippen LogP contribution is 2.21. The molecule has 154 valence electrons. The molecule has 6 heteroatoms. The molecule has 0 saturated heterocycles. The van der Waals surface area contributed by atoms with Gasteiger partial charge in [-0.05, 0) is 52.3 Å². The number of rotatable bonds is 8. The molecule has 0 aliphatic heterocycles.